The Morgan fingerprint density at radius 2 is 2.00 bits per heavy atom. The van der Waals surface area contributed by atoms with Crippen LogP contribution in [0, 0.1) is 5.92 Å². The van der Waals surface area contributed by atoms with E-state index in [-0.39, 0.29) is 17.8 Å². The topological polar surface area (TPSA) is 79.0 Å². The van der Waals surface area contributed by atoms with Crippen LogP contribution in [0.3, 0.4) is 0 Å². The van der Waals surface area contributed by atoms with Crippen LogP contribution in [0.25, 0.3) is 0 Å². The summed E-state index contributed by atoms with van der Waals surface area (Å²) in [5.41, 5.74) is -0.649. The molecule has 0 bridgehead atoms. The summed E-state index contributed by atoms with van der Waals surface area (Å²) >= 11 is 0. The number of carbonyl (C=O) groups is 3. The van der Waals surface area contributed by atoms with Crippen molar-refractivity contribution in [2.75, 3.05) is 26.3 Å². The fourth-order valence-electron chi connectivity index (χ4n) is 4.57. The summed E-state index contributed by atoms with van der Waals surface area (Å²) in [5, 5.41) is 2.89. The molecule has 4 amide bonds. The molecule has 2 saturated carbocycles. The number of carbonyl (C=O) groups excluding carboxylic acids is 3. The van der Waals surface area contributed by atoms with Gasteiger partial charge in [-0.15, -0.1) is 0 Å². The van der Waals surface area contributed by atoms with Gasteiger partial charge in [-0.1, -0.05) is 12.8 Å². The quantitative estimate of drug-likeness (QED) is 0.698. The van der Waals surface area contributed by atoms with Gasteiger partial charge in [-0.2, -0.15) is 0 Å². The minimum atomic E-state index is -0.649. The van der Waals surface area contributed by atoms with E-state index >= 15 is 0 Å². The van der Waals surface area contributed by atoms with E-state index in [1.165, 1.54) is 4.90 Å². The second-order valence-corrected chi connectivity index (χ2v) is 8.29. The number of amides is 4. The standard InChI is InChI=1S/C19H29N3O4/c23-16(22(15-5-6-15)12-14-7-11-26-13-14)4-3-10-21-17(24)19(20-18(21)25)8-1-2-9-19/h14-15H,1-13H2,(H,20,25). The Morgan fingerprint density at radius 1 is 1.23 bits per heavy atom. The van der Waals surface area contributed by atoms with Crippen molar-refractivity contribution >= 4 is 17.8 Å². The molecule has 2 aliphatic carbocycles. The van der Waals surface area contributed by atoms with Gasteiger partial charge in [0, 0.05) is 38.1 Å². The highest BCUT2D eigenvalue weighted by atomic mass is 16.5. The average molecular weight is 363 g/mol. The molecule has 0 aromatic rings. The van der Waals surface area contributed by atoms with Gasteiger partial charge in [0.05, 0.1) is 6.61 Å². The summed E-state index contributed by atoms with van der Waals surface area (Å²) in [6.45, 7) is 2.67. The summed E-state index contributed by atoms with van der Waals surface area (Å²) in [5.74, 6) is 0.518. The van der Waals surface area contributed by atoms with Crippen molar-refractivity contribution in [2.24, 2.45) is 5.92 Å². The second kappa shape index (κ2) is 7.18. The number of nitrogens with zero attached hydrogens (tertiary/aromatic N) is 2. The summed E-state index contributed by atoms with van der Waals surface area (Å²) in [4.78, 5) is 40.8. The van der Waals surface area contributed by atoms with Crippen molar-refractivity contribution < 1.29 is 19.1 Å². The highest BCUT2D eigenvalue weighted by Crippen LogP contribution is 2.35. The van der Waals surface area contributed by atoms with Gasteiger partial charge in [0.25, 0.3) is 5.91 Å². The molecule has 0 radical (unpaired) electrons. The summed E-state index contributed by atoms with van der Waals surface area (Å²) in [6.07, 6.45) is 7.61. The van der Waals surface area contributed by atoms with E-state index in [0.29, 0.717) is 31.3 Å². The maximum Gasteiger partial charge on any atom is 0.325 e. The summed E-state index contributed by atoms with van der Waals surface area (Å²) in [7, 11) is 0. The first-order valence-corrected chi connectivity index (χ1v) is 10.1. The molecule has 0 aromatic heterocycles. The van der Waals surface area contributed by atoms with Crippen molar-refractivity contribution in [3.63, 3.8) is 0 Å². The van der Waals surface area contributed by atoms with Gasteiger partial charge in [-0.3, -0.25) is 14.5 Å². The summed E-state index contributed by atoms with van der Waals surface area (Å²) in [6, 6.07) is 0.105. The van der Waals surface area contributed by atoms with Gasteiger partial charge < -0.3 is 15.0 Å². The molecule has 0 aromatic carbocycles. The SMILES string of the molecule is O=C1NC2(CCCC2)C(=O)N1CCCC(=O)N(CC1CCOC1)C1CC1. The fourth-order valence-corrected chi connectivity index (χ4v) is 4.57. The Bertz CT molecular complexity index is 577. The van der Waals surface area contributed by atoms with Gasteiger partial charge in [-0.25, -0.2) is 4.79 Å². The average Bonchev–Trinajstić information content (AvgIpc) is 3.04. The Kier molecular flexibility index (Phi) is 4.90. The maximum atomic E-state index is 12.7. The van der Waals surface area contributed by atoms with Crippen molar-refractivity contribution in [2.45, 2.75) is 69.4 Å². The van der Waals surface area contributed by atoms with Crippen molar-refractivity contribution in [3.8, 4) is 0 Å². The maximum absolute atomic E-state index is 12.7. The lowest BCUT2D eigenvalue weighted by Crippen LogP contribution is -2.44. The monoisotopic (exact) mass is 363 g/mol. The largest absolute Gasteiger partial charge is 0.381 e. The third-order valence-electron chi connectivity index (χ3n) is 6.26. The zero-order valence-corrected chi connectivity index (χ0v) is 15.4. The molecular formula is C19H29N3O4. The zero-order chi connectivity index (χ0) is 18.1. The van der Waals surface area contributed by atoms with Gasteiger partial charge in [-0.05, 0) is 38.5 Å². The molecule has 7 nitrogen and oxygen atoms in total. The normalized spacial score (nSPS) is 27.4. The molecule has 2 aliphatic heterocycles. The third kappa shape index (κ3) is 3.46. The van der Waals surface area contributed by atoms with Gasteiger partial charge in [0.1, 0.15) is 5.54 Å². The number of urea groups is 1. The molecule has 4 fully saturated rings. The summed E-state index contributed by atoms with van der Waals surface area (Å²) < 4.78 is 5.43. The molecule has 4 rings (SSSR count). The van der Waals surface area contributed by atoms with E-state index in [1.54, 1.807) is 0 Å². The molecule has 2 saturated heterocycles. The molecule has 2 heterocycles. The van der Waals surface area contributed by atoms with Crippen LogP contribution in [-0.4, -0.2) is 65.5 Å². The Hall–Kier alpha value is -1.63. The van der Waals surface area contributed by atoms with Crippen LogP contribution in [-0.2, 0) is 14.3 Å². The number of rotatable bonds is 7. The second-order valence-electron chi connectivity index (χ2n) is 8.29. The predicted octanol–water partition coefficient (Wildman–Crippen LogP) is 1.66. The third-order valence-corrected chi connectivity index (χ3v) is 6.26. The lowest BCUT2D eigenvalue weighted by Gasteiger charge is -2.25. The molecule has 4 aliphatic rings. The highest BCUT2D eigenvalue weighted by molar-refractivity contribution is 6.07. The van der Waals surface area contributed by atoms with Crippen molar-refractivity contribution in [3.05, 3.63) is 0 Å². The minimum absolute atomic E-state index is 0.0883. The lowest BCUT2D eigenvalue weighted by atomic mass is 9.98. The van der Waals surface area contributed by atoms with E-state index in [2.05, 4.69) is 5.32 Å². The molecule has 1 unspecified atom stereocenters. The van der Waals surface area contributed by atoms with Crippen LogP contribution in [0.4, 0.5) is 4.79 Å². The fraction of sp³-hybridized carbons (Fsp3) is 0.842. The first-order chi connectivity index (χ1) is 12.6. The first kappa shape index (κ1) is 17.8. The Morgan fingerprint density at radius 3 is 2.65 bits per heavy atom. The van der Waals surface area contributed by atoms with Gasteiger partial charge in [0.2, 0.25) is 5.91 Å². The predicted molar refractivity (Wildman–Crippen MR) is 94.3 cm³/mol. The van der Waals surface area contributed by atoms with Crippen molar-refractivity contribution in [1.29, 1.82) is 0 Å². The Balaban J connectivity index is 1.27. The molecule has 144 valence electrons. The Labute approximate surface area is 154 Å². The van der Waals surface area contributed by atoms with Crippen LogP contribution in [0.15, 0.2) is 0 Å². The number of hydrogen-bond acceptors (Lipinski definition) is 4. The van der Waals surface area contributed by atoms with E-state index < -0.39 is 5.54 Å². The first-order valence-electron chi connectivity index (χ1n) is 10.1. The van der Waals surface area contributed by atoms with E-state index in [1.807, 2.05) is 4.90 Å². The van der Waals surface area contributed by atoms with Gasteiger partial charge >= 0.3 is 6.03 Å². The van der Waals surface area contributed by atoms with Crippen LogP contribution in [0.5, 0.6) is 0 Å². The molecule has 26 heavy (non-hydrogen) atoms. The highest BCUT2D eigenvalue weighted by Gasteiger charge is 2.52. The number of hydrogen-bond donors (Lipinski definition) is 1. The molecule has 7 heteroatoms. The van der Waals surface area contributed by atoms with E-state index in [9.17, 15) is 14.4 Å². The lowest BCUT2D eigenvalue weighted by molar-refractivity contribution is -0.134. The number of nitrogens with one attached hydrogen (secondary N) is 1. The zero-order valence-electron chi connectivity index (χ0n) is 15.4. The van der Waals surface area contributed by atoms with Crippen LogP contribution < -0.4 is 5.32 Å². The van der Waals surface area contributed by atoms with Crippen LogP contribution in [0.2, 0.25) is 0 Å². The smallest absolute Gasteiger partial charge is 0.325 e. The molecule has 1 spiro atoms. The number of ether oxygens (including phenoxy) is 1. The van der Waals surface area contributed by atoms with E-state index in [0.717, 1.165) is 64.7 Å². The number of imide groups is 1. The molecular weight excluding hydrogens is 334 g/mol. The van der Waals surface area contributed by atoms with E-state index in [4.69, 9.17) is 4.74 Å². The van der Waals surface area contributed by atoms with Crippen LogP contribution >= 0.6 is 0 Å². The van der Waals surface area contributed by atoms with Crippen LogP contribution in [0.1, 0.15) is 57.8 Å². The van der Waals surface area contributed by atoms with Crippen molar-refractivity contribution in [1.82, 2.24) is 15.1 Å². The minimum Gasteiger partial charge on any atom is -0.381 e. The molecule has 1 N–H and O–H groups in total. The van der Waals surface area contributed by atoms with Gasteiger partial charge in [0.15, 0.2) is 0 Å². The molecule has 1 atom stereocenters.